The minimum atomic E-state index is -0.493. The third kappa shape index (κ3) is 8.71. The van der Waals surface area contributed by atoms with E-state index in [0.717, 1.165) is 44.8 Å². The maximum absolute atomic E-state index is 9.83. The molecule has 1 rings (SSSR count). The van der Waals surface area contributed by atoms with Crippen molar-refractivity contribution in [3.05, 3.63) is 29.8 Å². The Morgan fingerprint density at radius 2 is 1.90 bits per heavy atom. The molecular formula is C17H29NO3. The van der Waals surface area contributed by atoms with Crippen LogP contribution in [0, 0.1) is 0 Å². The van der Waals surface area contributed by atoms with Crippen molar-refractivity contribution in [3.63, 3.8) is 0 Å². The zero-order chi connectivity index (χ0) is 15.3. The number of hydrogen-bond donors (Lipinski definition) is 2. The maximum Gasteiger partial charge on any atom is 0.119 e. The van der Waals surface area contributed by atoms with Gasteiger partial charge in [0.25, 0.3) is 0 Å². The molecule has 0 spiro atoms. The summed E-state index contributed by atoms with van der Waals surface area (Å²) in [5, 5.41) is 13.0. The van der Waals surface area contributed by atoms with Gasteiger partial charge in [-0.3, -0.25) is 0 Å². The van der Waals surface area contributed by atoms with Gasteiger partial charge >= 0.3 is 0 Å². The van der Waals surface area contributed by atoms with E-state index in [1.165, 1.54) is 5.56 Å². The Hall–Kier alpha value is -1.10. The van der Waals surface area contributed by atoms with Crippen LogP contribution in [0.4, 0.5) is 0 Å². The van der Waals surface area contributed by atoms with Crippen molar-refractivity contribution in [1.82, 2.24) is 5.32 Å². The summed E-state index contributed by atoms with van der Waals surface area (Å²) in [5.41, 5.74) is 1.29. The number of benzene rings is 1. The molecular weight excluding hydrogens is 266 g/mol. The van der Waals surface area contributed by atoms with Crippen LogP contribution in [-0.2, 0) is 11.2 Å². The first-order valence-electron chi connectivity index (χ1n) is 7.94. The SMILES string of the molecule is CCCOCCCNCC(O)COc1ccc(CC)cc1. The van der Waals surface area contributed by atoms with Crippen molar-refractivity contribution in [2.24, 2.45) is 0 Å². The van der Waals surface area contributed by atoms with Gasteiger partial charge in [0.1, 0.15) is 18.5 Å². The fourth-order valence-corrected chi connectivity index (χ4v) is 1.89. The van der Waals surface area contributed by atoms with Gasteiger partial charge in [0.05, 0.1) is 0 Å². The molecule has 2 N–H and O–H groups in total. The zero-order valence-corrected chi connectivity index (χ0v) is 13.3. The zero-order valence-electron chi connectivity index (χ0n) is 13.3. The van der Waals surface area contributed by atoms with E-state index in [-0.39, 0.29) is 0 Å². The topological polar surface area (TPSA) is 50.7 Å². The van der Waals surface area contributed by atoms with E-state index in [9.17, 15) is 5.11 Å². The predicted molar refractivity (Wildman–Crippen MR) is 85.9 cm³/mol. The highest BCUT2D eigenvalue weighted by molar-refractivity contribution is 5.27. The Labute approximate surface area is 128 Å². The van der Waals surface area contributed by atoms with Crippen molar-refractivity contribution in [2.45, 2.75) is 39.2 Å². The van der Waals surface area contributed by atoms with E-state index in [2.05, 4.69) is 31.3 Å². The van der Waals surface area contributed by atoms with Gasteiger partial charge in [-0.15, -0.1) is 0 Å². The highest BCUT2D eigenvalue weighted by atomic mass is 16.5. The smallest absolute Gasteiger partial charge is 0.119 e. The largest absolute Gasteiger partial charge is 0.491 e. The number of hydrogen-bond acceptors (Lipinski definition) is 4. The van der Waals surface area contributed by atoms with Crippen LogP contribution in [0.5, 0.6) is 5.75 Å². The van der Waals surface area contributed by atoms with Gasteiger partial charge in [0.15, 0.2) is 0 Å². The monoisotopic (exact) mass is 295 g/mol. The van der Waals surface area contributed by atoms with Crippen LogP contribution in [0.3, 0.4) is 0 Å². The van der Waals surface area contributed by atoms with Gasteiger partial charge in [-0.1, -0.05) is 26.0 Å². The molecule has 4 heteroatoms. The predicted octanol–water partition coefficient (Wildman–Crippen LogP) is 2.40. The van der Waals surface area contributed by atoms with Gasteiger partial charge in [0, 0.05) is 19.8 Å². The van der Waals surface area contributed by atoms with Gasteiger partial charge in [-0.25, -0.2) is 0 Å². The molecule has 4 nitrogen and oxygen atoms in total. The van der Waals surface area contributed by atoms with Gasteiger partial charge in [-0.05, 0) is 43.5 Å². The number of aliphatic hydroxyl groups excluding tert-OH is 1. The number of ether oxygens (including phenoxy) is 2. The second-order valence-corrected chi connectivity index (χ2v) is 5.13. The number of aryl methyl sites for hydroxylation is 1. The minimum absolute atomic E-state index is 0.310. The lowest BCUT2D eigenvalue weighted by Gasteiger charge is -2.13. The summed E-state index contributed by atoms with van der Waals surface area (Å²) in [5.74, 6) is 0.805. The Kier molecular flexibility index (Phi) is 9.87. The maximum atomic E-state index is 9.83. The Balaban J connectivity index is 2.03. The van der Waals surface area contributed by atoms with E-state index in [1.54, 1.807) is 0 Å². The second kappa shape index (κ2) is 11.5. The summed E-state index contributed by atoms with van der Waals surface area (Å²) in [6, 6.07) is 8.00. The van der Waals surface area contributed by atoms with E-state index in [1.807, 2.05) is 12.1 Å². The Bertz CT molecular complexity index is 354. The fourth-order valence-electron chi connectivity index (χ4n) is 1.89. The molecule has 0 amide bonds. The molecule has 0 aliphatic rings. The van der Waals surface area contributed by atoms with Crippen LogP contribution >= 0.6 is 0 Å². The molecule has 0 saturated heterocycles. The molecule has 0 aromatic heterocycles. The summed E-state index contributed by atoms with van der Waals surface area (Å²) in [6.07, 6.45) is 2.55. The molecule has 0 aliphatic heterocycles. The molecule has 21 heavy (non-hydrogen) atoms. The highest BCUT2D eigenvalue weighted by Gasteiger charge is 2.04. The summed E-state index contributed by atoms with van der Waals surface area (Å²) >= 11 is 0. The van der Waals surface area contributed by atoms with Crippen molar-refractivity contribution in [3.8, 4) is 5.75 Å². The van der Waals surface area contributed by atoms with E-state index < -0.39 is 6.10 Å². The lowest BCUT2D eigenvalue weighted by molar-refractivity contribution is 0.103. The molecule has 120 valence electrons. The van der Waals surface area contributed by atoms with Crippen molar-refractivity contribution in [2.75, 3.05) is 32.9 Å². The summed E-state index contributed by atoms with van der Waals surface area (Å²) < 4.78 is 10.9. The molecule has 0 fully saturated rings. The van der Waals surface area contributed by atoms with Crippen LogP contribution in [0.25, 0.3) is 0 Å². The van der Waals surface area contributed by atoms with Crippen molar-refractivity contribution >= 4 is 0 Å². The molecule has 0 aliphatic carbocycles. The Morgan fingerprint density at radius 1 is 1.14 bits per heavy atom. The minimum Gasteiger partial charge on any atom is -0.491 e. The van der Waals surface area contributed by atoms with Gasteiger partial charge in [0.2, 0.25) is 0 Å². The van der Waals surface area contributed by atoms with E-state index in [4.69, 9.17) is 9.47 Å². The number of aliphatic hydroxyl groups is 1. The van der Waals surface area contributed by atoms with Crippen LogP contribution < -0.4 is 10.1 Å². The van der Waals surface area contributed by atoms with Crippen molar-refractivity contribution < 1.29 is 14.6 Å². The summed E-state index contributed by atoms with van der Waals surface area (Å²) in [6.45, 7) is 7.53. The first-order chi connectivity index (χ1) is 10.3. The summed E-state index contributed by atoms with van der Waals surface area (Å²) in [7, 11) is 0. The first kappa shape index (κ1) is 18.0. The van der Waals surface area contributed by atoms with Gasteiger partial charge in [-0.2, -0.15) is 0 Å². The average molecular weight is 295 g/mol. The molecule has 1 atom stereocenters. The molecule has 0 heterocycles. The fraction of sp³-hybridized carbons (Fsp3) is 0.647. The van der Waals surface area contributed by atoms with Crippen LogP contribution in [-0.4, -0.2) is 44.1 Å². The quantitative estimate of drug-likeness (QED) is 0.581. The Morgan fingerprint density at radius 3 is 2.57 bits per heavy atom. The molecule has 1 aromatic carbocycles. The van der Waals surface area contributed by atoms with Gasteiger partial charge < -0.3 is 19.9 Å². The van der Waals surface area contributed by atoms with E-state index >= 15 is 0 Å². The standard InChI is InChI=1S/C17H29NO3/c1-3-11-20-12-5-10-18-13-16(19)14-21-17-8-6-15(4-2)7-9-17/h6-9,16,18-19H,3-5,10-14H2,1-2H3. The molecule has 1 unspecified atom stereocenters. The average Bonchev–Trinajstić information content (AvgIpc) is 2.52. The molecule has 1 aromatic rings. The van der Waals surface area contributed by atoms with Crippen LogP contribution in [0.1, 0.15) is 32.3 Å². The third-order valence-electron chi connectivity index (χ3n) is 3.14. The van der Waals surface area contributed by atoms with Crippen LogP contribution in [0.15, 0.2) is 24.3 Å². The normalized spacial score (nSPS) is 12.3. The van der Waals surface area contributed by atoms with Crippen molar-refractivity contribution in [1.29, 1.82) is 0 Å². The number of nitrogens with one attached hydrogen (secondary N) is 1. The highest BCUT2D eigenvalue weighted by Crippen LogP contribution is 2.12. The van der Waals surface area contributed by atoms with Crippen LogP contribution in [0.2, 0.25) is 0 Å². The molecule has 0 saturated carbocycles. The molecule has 0 radical (unpaired) electrons. The van der Waals surface area contributed by atoms with E-state index in [0.29, 0.717) is 13.2 Å². The second-order valence-electron chi connectivity index (χ2n) is 5.13. The molecule has 0 bridgehead atoms. The summed E-state index contributed by atoms with van der Waals surface area (Å²) in [4.78, 5) is 0. The lowest BCUT2D eigenvalue weighted by Crippen LogP contribution is -2.32. The first-order valence-corrected chi connectivity index (χ1v) is 7.94. The third-order valence-corrected chi connectivity index (χ3v) is 3.14. The number of rotatable bonds is 12. The lowest BCUT2D eigenvalue weighted by atomic mass is 10.2.